The van der Waals surface area contributed by atoms with E-state index in [4.69, 9.17) is 16.9 Å². The second-order valence-electron chi connectivity index (χ2n) is 11.8. The number of carboxylic acids is 1. The Kier molecular flexibility index (Phi) is 7.17. The summed E-state index contributed by atoms with van der Waals surface area (Å²) >= 11 is 0. The number of aromatic carboxylic acids is 1. The van der Waals surface area contributed by atoms with Crippen molar-refractivity contribution < 1.29 is 19.5 Å². The van der Waals surface area contributed by atoms with Gasteiger partial charge in [0.1, 0.15) is 5.84 Å². The number of amides is 2. The lowest BCUT2D eigenvalue weighted by Crippen LogP contribution is -2.35. The summed E-state index contributed by atoms with van der Waals surface area (Å²) in [7, 11) is 0. The third-order valence-electron chi connectivity index (χ3n) is 8.70. The van der Waals surface area contributed by atoms with Crippen LogP contribution in [0.5, 0.6) is 0 Å². The number of nitrogens with two attached hydrogens (primary N) is 2. The van der Waals surface area contributed by atoms with Crippen molar-refractivity contribution in [3.05, 3.63) is 118 Å². The average Bonchev–Trinajstić information content (AvgIpc) is 3.87. The molecule has 1 aliphatic carbocycles. The first-order valence-electron chi connectivity index (χ1n) is 14.5. The van der Waals surface area contributed by atoms with Gasteiger partial charge in [0, 0.05) is 33.8 Å². The molecule has 0 spiro atoms. The topological polar surface area (TPSA) is 171 Å². The summed E-state index contributed by atoms with van der Waals surface area (Å²) in [6, 6.07) is 25.6. The maximum Gasteiger partial charge on any atom is 0.336 e. The van der Waals surface area contributed by atoms with Crippen molar-refractivity contribution in [1.29, 1.82) is 5.41 Å². The number of hydrogen-bond donors (Lipinski definition) is 6. The number of amidine groups is 1. The van der Waals surface area contributed by atoms with Gasteiger partial charge in [0.25, 0.3) is 0 Å². The first-order valence-corrected chi connectivity index (χ1v) is 14.5. The summed E-state index contributed by atoms with van der Waals surface area (Å²) in [5.74, 6) is -2.01. The third kappa shape index (κ3) is 5.40. The first-order chi connectivity index (χ1) is 21.0. The highest BCUT2D eigenvalue weighted by Crippen LogP contribution is 2.49. The van der Waals surface area contributed by atoms with Crippen molar-refractivity contribution in [3.8, 4) is 11.1 Å². The second-order valence-corrected chi connectivity index (χ2v) is 11.8. The predicted octanol–water partition coefficient (Wildman–Crippen LogP) is 5.65. The molecule has 2 amide bonds. The molecule has 9 heteroatoms. The Morgan fingerprint density at radius 2 is 1.66 bits per heavy atom. The molecule has 6 rings (SSSR count). The van der Waals surface area contributed by atoms with E-state index < -0.39 is 17.3 Å². The molecular weight excluding hydrogens is 554 g/mol. The van der Waals surface area contributed by atoms with Crippen LogP contribution in [-0.4, -0.2) is 28.7 Å². The standard InChI is InChI=1S/C35H33N5O4/c1-35(24-5-3-2-4-6-24)18-30(40-29-12-10-20(31(36)37)17-28(29)35)23-13-22(14-25(15-23)39-33(42)19-7-8-19)26-11-9-21(32(38)41)16-27(26)34(43)44/h2-6,9-17,19,30,40H,7-8,18H2,1H3,(H3,36,37)(H2,38,41)(H,39,42)(H,43,44)/t30-,35+/m0/s1. The van der Waals surface area contributed by atoms with Gasteiger partial charge in [0.15, 0.2) is 0 Å². The number of carbonyl (C=O) groups excluding carboxylic acids is 2. The molecule has 44 heavy (non-hydrogen) atoms. The van der Waals surface area contributed by atoms with Gasteiger partial charge in [-0.3, -0.25) is 15.0 Å². The van der Waals surface area contributed by atoms with Gasteiger partial charge in [0.05, 0.1) is 11.6 Å². The molecule has 1 fully saturated rings. The average molecular weight is 588 g/mol. The molecule has 8 N–H and O–H groups in total. The lowest BCUT2D eigenvalue weighted by Gasteiger charge is -2.42. The Labute approximate surface area is 254 Å². The molecule has 1 heterocycles. The van der Waals surface area contributed by atoms with Crippen molar-refractivity contribution in [2.24, 2.45) is 17.4 Å². The molecule has 1 saturated carbocycles. The molecule has 1 aliphatic heterocycles. The fourth-order valence-electron chi connectivity index (χ4n) is 6.13. The number of anilines is 2. The zero-order valence-corrected chi connectivity index (χ0v) is 24.2. The summed E-state index contributed by atoms with van der Waals surface area (Å²) in [4.78, 5) is 37.0. The van der Waals surface area contributed by atoms with Gasteiger partial charge in [-0.25, -0.2) is 4.79 Å². The van der Waals surface area contributed by atoms with Crippen LogP contribution in [0.25, 0.3) is 11.1 Å². The summed E-state index contributed by atoms with van der Waals surface area (Å²) in [5.41, 5.74) is 16.9. The molecule has 4 aromatic carbocycles. The van der Waals surface area contributed by atoms with Crippen LogP contribution in [0.1, 0.15) is 75.2 Å². The summed E-state index contributed by atoms with van der Waals surface area (Å²) in [6.45, 7) is 2.17. The lowest BCUT2D eigenvalue weighted by molar-refractivity contribution is -0.117. The minimum Gasteiger partial charge on any atom is -0.478 e. The van der Waals surface area contributed by atoms with Crippen molar-refractivity contribution in [2.45, 2.75) is 37.6 Å². The maximum atomic E-state index is 12.8. The van der Waals surface area contributed by atoms with Gasteiger partial charge in [-0.05, 0) is 95.6 Å². The van der Waals surface area contributed by atoms with E-state index in [1.807, 2.05) is 48.5 Å². The molecule has 0 bridgehead atoms. The van der Waals surface area contributed by atoms with E-state index in [0.717, 1.165) is 35.2 Å². The third-order valence-corrected chi connectivity index (χ3v) is 8.70. The van der Waals surface area contributed by atoms with E-state index in [2.05, 4.69) is 29.7 Å². The molecule has 0 aromatic heterocycles. The molecular formula is C35H33N5O4. The van der Waals surface area contributed by atoms with E-state index in [1.165, 1.54) is 12.1 Å². The molecule has 0 unspecified atom stereocenters. The number of benzene rings is 4. The van der Waals surface area contributed by atoms with Gasteiger partial charge in [0.2, 0.25) is 11.8 Å². The van der Waals surface area contributed by atoms with Crippen molar-refractivity contribution in [1.82, 2.24) is 0 Å². The highest BCUT2D eigenvalue weighted by Gasteiger charge is 2.39. The number of nitrogens with one attached hydrogen (secondary N) is 3. The zero-order valence-electron chi connectivity index (χ0n) is 24.2. The van der Waals surface area contributed by atoms with Gasteiger partial charge < -0.3 is 27.2 Å². The number of primary amides is 1. The molecule has 222 valence electrons. The van der Waals surface area contributed by atoms with Crippen molar-refractivity contribution >= 4 is 35.0 Å². The van der Waals surface area contributed by atoms with E-state index >= 15 is 0 Å². The highest BCUT2D eigenvalue weighted by molar-refractivity contribution is 6.02. The fraction of sp³-hybridized carbons (Fsp3) is 0.200. The Balaban J connectivity index is 1.50. The monoisotopic (exact) mass is 587 g/mol. The van der Waals surface area contributed by atoms with Crippen LogP contribution >= 0.6 is 0 Å². The minimum atomic E-state index is -1.19. The van der Waals surface area contributed by atoms with Crippen LogP contribution in [0.4, 0.5) is 11.4 Å². The number of carboxylic acid groups (broad SMARTS) is 1. The number of rotatable bonds is 8. The number of carbonyl (C=O) groups is 3. The van der Waals surface area contributed by atoms with E-state index in [1.54, 1.807) is 12.1 Å². The second kappa shape index (κ2) is 11.0. The lowest BCUT2D eigenvalue weighted by atomic mass is 9.68. The molecule has 2 atom stereocenters. The van der Waals surface area contributed by atoms with E-state index in [-0.39, 0.29) is 34.8 Å². The van der Waals surface area contributed by atoms with Crippen LogP contribution in [0, 0.1) is 11.3 Å². The summed E-state index contributed by atoms with van der Waals surface area (Å²) in [6.07, 6.45) is 2.31. The van der Waals surface area contributed by atoms with Crippen LogP contribution in [0.15, 0.2) is 84.9 Å². The SMILES string of the molecule is C[C@]1(c2ccccc2)C[C@@H](c2cc(NC(=O)C3CC3)cc(-c3ccc(C(N)=O)cc3C(=O)O)c2)Nc2ccc(C(=N)N)cc21. The van der Waals surface area contributed by atoms with Crippen LogP contribution in [0.3, 0.4) is 0 Å². The molecule has 0 saturated heterocycles. The van der Waals surface area contributed by atoms with Crippen molar-refractivity contribution in [3.63, 3.8) is 0 Å². The molecule has 9 nitrogen and oxygen atoms in total. The van der Waals surface area contributed by atoms with E-state index in [0.29, 0.717) is 28.8 Å². The normalized spacial score (nSPS) is 18.9. The van der Waals surface area contributed by atoms with E-state index in [9.17, 15) is 19.5 Å². The minimum absolute atomic E-state index is 0.00864. The maximum absolute atomic E-state index is 12.8. The first kappa shape index (κ1) is 28.7. The van der Waals surface area contributed by atoms with Gasteiger partial charge >= 0.3 is 5.97 Å². The number of nitrogen functional groups attached to an aromatic ring is 1. The predicted molar refractivity (Wildman–Crippen MR) is 170 cm³/mol. The number of fused-ring (bicyclic) bond motifs is 1. The van der Waals surface area contributed by atoms with Crippen LogP contribution in [-0.2, 0) is 10.2 Å². The zero-order chi connectivity index (χ0) is 31.2. The van der Waals surface area contributed by atoms with Gasteiger partial charge in [-0.15, -0.1) is 0 Å². The fourth-order valence-corrected chi connectivity index (χ4v) is 6.13. The molecule has 4 aromatic rings. The Bertz CT molecular complexity index is 1830. The van der Waals surface area contributed by atoms with Gasteiger partial charge in [-0.2, -0.15) is 0 Å². The number of hydrogen-bond acceptors (Lipinski definition) is 5. The quantitative estimate of drug-likeness (QED) is 0.115. The van der Waals surface area contributed by atoms with Gasteiger partial charge in [-0.1, -0.05) is 43.3 Å². The largest absolute Gasteiger partial charge is 0.478 e. The molecule has 0 radical (unpaired) electrons. The smallest absolute Gasteiger partial charge is 0.336 e. The van der Waals surface area contributed by atoms with Crippen LogP contribution < -0.4 is 22.1 Å². The molecule has 2 aliphatic rings. The Morgan fingerprint density at radius 1 is 0.932 bits per heavy atom. The summed E-state index contributed by atoms with van der Waals surface area (Å²) in [5, 5.41) is 24.8. The highest BCUT2D eigenvalue weighted by atomic mass is 16.4. The van der Waals surface area contributed by atoms with Crippen molar-refractivity contribution in [2.75, 3.05) is 10.6 Å². The summed E-state index contributed by atoms with van der Waals surface area (Å²) < 4.78 is 0. The van der Waals surface area contributed by atoms with Crippen LogP contribution in [0.2, 0.25) is 0 Å². The Hall–Kier alpha value is -5.44. The Morgan fingerprint density at radius 3 is 2.32 bits per heavy atom.